The zero-order valence-corrected chi connectivity index (χ0v) is 36.9. The molecule has 0 saturated heterocycles. The van der Waals surface area contributed by atoms with Crippen LogP contribution in [0.1, 0.15) is 237 Å². The van der Waals surface area contributed by atoms with Crippen molar-refractivity contribution >= 4 is 0 Å². The van der Waals surface area contributed by atoms with Crippen LogP contribution in [0.2, 0.25) is 0 Å². The predicted molar refractivity (Wildman–Crippen MR) is 234 cm³/mol. The van der Waals surface area contributed by atoms with Gasteiger partial charge in [0.2, 0.25) is 0 Å². The molecule has 0 fully saturated rings. The molecule has 2 heteroatoms. The van der Waals surface area contributed by atoms with Gasteiger partial charge in [0.05, 0.1) is 13.6 Å². The van der Waals surface area contributed by atoms with E-state index in [9.17, 15) is 0 Å². The number of unbranched alkanes of at least 4 members (excludes halogenated alkanes) is 27. The highest BCUT2D eigenvalue weighted by molar-refractivity contribution is 5.23. The Morgan fingerprint density at radius 3 is 1.04 bits per heavy atom. The van der Waals surface area contributed by atoms with E-state index in [-0.39, 0.29) is 17.9 Å². The fraction of sp³-hybridized carbons (Fsp3) is 0.765. The molecular formula is C51H90ClN. The summed E-state index contributed by atoms with van der Waals surface area (Å²) in [6.07, 6.45) is 45.0. The molecular weight excluding hydrogens is 662 g/mol. The number of benzene rings is 2. The Balaban J connectivity index is 0.0000140. The number of rotatable bonds is 37. The van der Waals surface area contributed by atoms with Crippen molar-refractivity contribution < 1.29 is 16.9 Å². The minimum absolute atomic E-state index is 0. The summed E-state index contributed by atoms with van der Waals surface area (Å²) < 4.78 is 1.16. The van der Waals surface area contributed by atoms with Gasteiger partial charge in [0, 0.05) is 24.0 Å². The smallest absolute Gasteiger partial charge is 0.125 e. The summed E-state index contributed by atoms with van der Waals surface area (Å²) in [7, 11) is 2.68. The summed E-state index contributed by atoms with van der Waals surface area (Å²) in [6.45, 7) is 9.41. The molecule has 0 heterocycles. The third-order valence-corrected chi connectivity index (χ3v) is 12.6. The minimum Gasteiger partial charge on any atom is -1.00 e. The van der Waals surface area contributed by atoms with Crippen molar-refractivity contribution in [2.24, 2.45) is 0 Å². The van der Waals surface area contributed by atoms with Crippen LogP contribution in [-0.4, -0.2) is 18.1 Å². The van der Waals surface area contributed by atoms with Crippen LogP contribution >= 0.6 is 0 Å². The molecule has 0 bridgehead atoms. The number of hydrogen-bond acceptors (Lipinski definition) is 0. The second kappa shape index (κ2) is 34.0. The van der Waals surface area contributed by atoms with Crippen LogP contribution in [0, 0.1) is 0 Å². The molecule has 0 amide bonds. The minimum atomic E-state index is 0. The van der Waals surface area contributed by atoms with Gasteiger partial charge in [0.15, 0.2) is 0 Å². The summed E-state index contributed by atoms with van der Waals surface area (Å²) in [5.41, 5.74) is 3.30. The molecule has 0 aromatic heterocycles. The van der Waals surface area contributed by atoms with Gasteiger partial charge >= 0.3 is 0 Å². The quantitative estimate of drug-likeness (QED) is 0.0476. The van der Waals surface area contributed by atoms with Gasteiger partial charge < -0.3 is 16.9 Å². The first-order valence-electron chi connectivity index (χ1n) is 23.6. The van der Waals surface area contributed by atoms with Crippen LogP contribution in [0.5, 0.6) is 0 Å². The number of halogens is 1. The second-order valence-electron chi connectivity index (χ2n) is 17.2. The van der Waals surface area contributed by atoms with Crippen LogP contribution in [0.4, 0.5) is 0 Å². The van der Waals surface area contributed by atoms with Crippen molar-refractivity contribution in [3.63, 3.8) is 0 Å². The molecule has 53 heavy (non-hydrogen) atoms. The van der Waals surface area contributed by atoms with Gasteiger partial charge in [-0.05, 0) is 25.7 Å². The van der Waals surface area contributed by atoms with Gasteiger partial charge in [-0.15, -0.1) is 0 Å². The standard InChI is InChI=1S/C51H90N.ClH/c1-5-8-11-14-17-20-23-26-29-38-45-51(50-43-36-33-37-44-50,46-39-30-27-24-21-18-15-12-9-6-2)52(4,48-49-41-34-32-35-42-49)47-40-31-28-25-22-19-16-13-10-7-3;/h32-37,41-44H,5-31,38-40,45-48H2,1-4H3;1H/q+1;/p-1. The normalized spacial score (nSPS) is 12.8. The topological polar surface area (TPSA) is 0 Å². The highest BCUT2D eigenvalue weighted by atomic mass is 35.5. The average Bonchev–Trinajstić information content (AvgIpc) is 3.17. The summed E-state index contributed by atoms with van der Waals surface area (Å²) >= 11 is 0. The molecule has 0 radical (unpaired) electrons. The van der Waals surface area contributed by atoms with E-state index in [4.69, 9.17) is 0 Å². The van der Waals surface area contributed by atoms with E-state index in [1.807, 2.05) is 0 Å². The first-order valence-corrected chi connectivity index (χ1v) is 23.6. The van der Waals surface area contributed by atoms with E-state index in [0.29, 0.717) is 0 Å². The van der Waals surface area contributed by atoms with Gasteiger partial charge in [0.25, 0.3) is 0 Å². The summed E-state index contributed by atoms with van der Waals surface area (Å²) in [4.78, 5) is 0. The molecule has 0 saturated carbocycles. The van der Waals surface area contributed by atoms with Crippen LogP contribution < -0.4 is 12.4 Å². The number of quaternary nitrogens is 1. The number of nitrogens with zero attached hydrogens (tertiary/aromatic N) is 1. The van der Waals surface area contributed by atoms with Crippen molar-refractivity contribution in [3.8, 4) is 0 Å². The maximum Gasteiger partial charge on any atom is 0.125 e. The fourth-order valence-electron chi connectivity index (χ4n) is 9.20. The predicted octanol–water partition coefficient (Wildman–Crippen LogP) is 14.1. The Morgan fingerprint density at radius 2 is 0.679 bits per heavy atom. The SMILES string of the molecule is CCCCCCCCCCCCC(CCCCCCCCCCCC)(c1ccccc1)[N+](C)(CCCCCCCCCCCC)Cc1ccccc1.[Cl-]. The van der Waals surface area contributed by atoms with E-state index in [2.05, 4.69) is 88.5 Å². The van der Waals surface area contributed by atoms with Crippen molar-refractivity contribution in [1.82, 2.24) is 0 Å². The van der Waals surface area contributed by atoms with Gasteiger partial charge in [-0.1, -0.05) is 248 Å². The third-order valence-electron chi connectivity index (χ3n) is 12.6. The van der Waals surface area contributed by atoms with E-state index < -0.39 is 0 Å². The lowest BCUT2D eigenvalue weighted by molar-refractivity contribution is -0.981. The summed E-state index contributed by atoms with van der Waals surface area (Å²) in [5, 5.41) is 0. The molecule has 306 valence electrons. The maximum absolute atomic E-state index is 2.68. The highest BCUT2D eigenvalue weighted by Gasteiger charge is 2.48. The lowest BCUT2D eigenvalue weighted by atomic mass is 9.76. The van der Waals surface area contributed by atoms with Crippen molar-refractivity contribution in [1.29, 1.82) is 0 Å². The molecule has 1 unspecified atom stereocenters. The fourth-order valence-corrected chi connectivity index (χ4v) is 9.20. The zero-order valence-electron chi connectivity index (χ0n) is 36.1. The molecule has 0 N–H and O–H groups in total. The molecule has 0 aliphatic rings. The largest absolute Gasteiger partial charge is 1.00 e. The Labute approximate surface area is 339 Å². The van der Waals surface area contributed by atoms with E-state index in [1.165, 1.54) is 218 Å². The first kappa shape index (κ1) is 49.7. The van der Waals surface area contributed by atoms with Crippen LogP contribution in [-0.2, 0) is 12.1 Å². The molecule has 0 spiro atoms. The average molecular weight is 753 g/mol. The molecule has 2 rings (SSSR count). The lowest BCUT2D eigenvalue weighted by Crippen LogP contribution is -3.00. The van der Waals surface area contributed by atoms with Crippen molar-refractivity contribution in [2.75, 3.05) is 13.6 Å². The maximum atomic E-state index is 2.68. The Morgan fingerprint density at radius 1 is 0.377 bits per heavy atom. The van der Waals surface area contributed by atoms with E-state index in [1.54, 1.807) is 5.56 Å². The van der Waals surface area contributed by atoms with Crippen LogP contribution in [0.25, 0.3) is 0 Å². The monoisotopic (exact) mass is 752 g/mol. The Hall–Kier alpha value is -1.31. The van der Waals surface area contributed by atoms with Gasteiger partial charge in [0.1, 0.15) is 12.1 Å². The first-order chi connectivity index (χ1) is 25.6. The Kier molecular flexibility index (Phi) is 31.9. The summed E-state index contributed by atoms with van der Waals surface area (Å²) in [5.74, 6) is 0. The van der Waals surface area contributed by atoms with Gasteiger partial charge in [-0.25, -0.2) is 0 Å². The van der Waals surface area contributed by atoms with Crippen LogP contribution in [0.15, 0.2) is 60.7 Å². The zero-order chi connectivity index (χ0) is 37.3. The van der Waals surface area contributed by atoms with Crippen molar-refractivity contribution in [2.45, 2.75) is 238 Å². The third kappa shape index (κ3) is 22.1. The number of hydrogen-bond donors (Lipinski definition) is 0. The second-order valence-corrected chi connectivity index (χ2v) is 17.2. The Bertz CT molecular complexity index is 997. The molecule has 2 aromatic rings. The molecule has 0 aliphatic carbocycles. The molecule has 2 aromatic carbocycles. The van der Waals surface area contributed by atoms with Gasteiger partial charge in [-0.2, -0.15) is 0 Å². The molecule has 1 nitrogen and oxygen atoms in total. The summed E-state index contributed by atoms with van der Waals surface area (Å²) in [6, 6.07) is 23.5. The van der Waals surface area contributed by atoms with Crippen LogP contribution in [0.3, 0.4) is 0 Å². The molecule has 0 aliphatic heterocycles. The lowest BCUT2D eigenvalue weighted by Gasteiger charge is -2.52. The van der Waals surface area contributed by atoms with E-state index in [0.717, 1.165) is 11.0 Å². The highest BCUT2D eigenvalue weighted by Crippen LogP contribution is 2.45. The molecule has 1 atom stereocenters. The van der Waals surface area contributed by atoms with E-state index >= 15 is 0 Å². The van der Waals surface area contributed by atoms with Gasteiger partial charge in [-0.3, -0.25) is 0 Å². The van der Waals surface area contributed by atoms with Crippen molar-refractivity contribution in [3.05, 3.63) is 71.8 Å².